The van der Waals surface area contributed by atoms with Crippen LogP contribution in [0.5, 0.6) is 0 Å². The number of sulfonamides is 1. The highest BCUT2D eigenvalue weighted by Gasteiger charge is 2.28. The fraction of sp³-hybridized carbons (Fsp3) is 0.296. The second-order valence-corrected chi connectivity index (χ2v) is 11.9. The van der Waals surface area contributed by atoms with E-state index >= 15 is 0 Å². The van der Waals surface area contributed by atoms with Crippen LogP contribution in [-0.4, -0.2) is 56.3 Å². The highest BCUT2D eigenvalue weighted by atomic mass is 32.2. The van der Waals surface area contributed by atoms with E-state index in [4.69, 9.17) is 4.42 Å². The molecule has 0 bridgehead atoms. The van der Waals surface area contributed by atoms with Crippen molar-refractivity contribution in [1.29, 1.82) is 0 Å². The Kier molecular flexibility index (Phi) is 7.59. The van der Waals surface area contributed by atoms with Crippen molar-refractivity contribution < 1.29 is 22.4 Å². The topological polar surface area (TPSA) is 122 Å². The molecule has 9 nitrogen and oxygen atoms in total. The summed E-state index contributed by atoms with van der Waals surface area (Å²) >= 11 is 1.43. The molecule has 0 aliphatic carbocycles. The first-order valence-corrected chi connectivity index (χ1v) is 14.7. The van der Waals surface area contributed by atoms with Crippen LogP contribution in [0.3, 0.4) is 0 Å². The lowest BCUT2D eigenvalue weighted by Crippen LogP contribution is -2.37. The molecule has 2 aromatic heterocycles. The van der Waals surface area contributed by atoms with Gasteiger partial charge in [-0.3, -0.25) is 9.59 Å². The van der Waals surface area contributed by atoms with Crippen LogP contribution >= 0.6 is 11.3 Å². The summed E-state index contributed by atoms with van der Waals surface area (Å²) in [7, 11) is -3.63. The van der Waals surface area contributed by atoms with Gasteiger partial charge >= 0.3 is 0 Å². The number of piperidine rings is 1. The van der Waals surface area contributed by atoms with Gasteiger partial charge in [0, 0.05) is 42.9 Å². The molecule has 0 spiro atoms. The first-order chi connectivity index (χ1) is 18.3. The van der Waals surface area contributed by atoms with Crippen molar-refractivity contribution in [1.82, 2.24) is 19.9 Å². The number of nitrogens with zero attached hydrogens (tertiary/aromatic N) is 2. The third-order valence-electron chi connectivity index (χ3n) is 6.56. The fourth-order valence-electron chi connectivity index (χ4n) is 4.40. The summed E-state index contributed by atoms with van der Waals surface area (Å²) in [5, 5.41) is 6.20. The molecule has 1 saturated heterocycles. The number of carbonyl (C=O) groups is 2. The summed E-state index contributed by atoms with van der Waals surface area (Å²) < 4.78 is 32.9. The minimum absolute atomic E-state index is 0.0661. The molecule has 4 aromatic rings. The largest absolute Gasteiger partial charge is 0.451 e. The van der Waals surface area contributed by atoms with Gasteiger partial charge in [-0.2, -0.15) is 0 Å². The molecular formula is C27H28N4O5S2. The molecule has 11 heteroatoms. The van der Waals surface area contributed by atoms with Crippen LogP contribution in [-0.2, 0) is 10.0 Å². The Bertz CT molecular complexity index is 1520. The molecule has 1 aliphatic rings. The van der Waals surface area contributed by atoms with Crippen LogP contribution in [0.4, 0.5) is 0 Å². The van der Waals surface area contributed by atoms with E-state index in [1.54, 1.807) is 40.6 Å². The highest BCUT2D eigenvalue weighted by molar-refractivity contribution is 7.89. The summed E-state index contributed by atoms with van der Waals surface area (Å²) in [5.41, 5.74) is 1.98. The summed E-state index contributed by atoms with van der Waals surface area (Å²) in [6, 6.07) is 15.9. The second kappa shape index (κ2) is 11.1. The lowest BCUT2D eigenvalue weighted by Gasteiger charge is -2.30. The van der Waals surface area contributed by atoms with Gasteiger partial charge in [-0.05, 0) is 44.0 Å². The second-order valence-electron chi connectivity index (χ2n) is 9.25. The average Bonchev–Trinajstić information content (AvgIpc) is 3.59. The zero-order valence-electron chi connectivity index (χ0n) is 20.8. The molecule has 198 valence electrons. The van der Waals surface area contributed by atoms with Crippen LogP contribution in [0.25, 0.3) is 11.0 Å². The van der Waals surface area contributed by atoms with E-state index in [2.05, 4.69) is 15.0 Å². The Morgan fingerprint density at radius 2 is 1.82 bits per heavy atom. The van der Waals surface area contributed by atoms with Crippen molar-refractivity contribution in [2.75, 3.05) is 26.2 Å². The van der Waals surface area contributed by atoms with Crippen molar-refractivity contribution in [2.24, 2.45) is 0 Å². The maximum atomic E-state index is 12.9. The molecule has 1 fully saturated rings. The van der Waals surface area contributed by atoms with Gasteiger partial charge in [0.15, 0.2) is 5.76 Å². The monoisotopic (exact) mass is 552 g/mol. The van der Waals surface area contributed by atoms with Gasteiger partial charge in [0.1, 0.15) is 11.3 Å². The Hall–Kier alpha value is -3.54. The molecule has 2 N–H and O–H groups in total. The highest BCUT2D eigenvalue weighted by Crippen LogP contribution is 2.31. The van der Waals surface area contributed by atoms with Crippen LogP contribution in [0.1, 0.15) is 50.4 Å². The number of hydrogen-bond acceptors (Lipinski definition) is 7. The smallest absolute Gasteiger partial charge is 0.289 e. The van der Waals surface area contributed by atoms with E-state index in [1.165, 1.54) is 11.3 Å². The van der Waals surface area contributed by atoms with E-state index in [-0.39, 0.29) is 35.7 Å². The average molecular weight is 553 g/mol. The molecule has 0 radical (unpaired) electrons. The standard InChI is InChI=1S/C27H28N4O5S2/c1-18-6-8-21(9-7-18)38(34,35)29-13-12-28-25(32)22-17-37-26(30-22)19-10-14-31(15-11-19)27(33)24-16-20-4-2-3-5-23(20)36-24/h2-9,16-17,19,29H,10-15H2,1H3,(H,28,32). The zero-order valence-corrected chi connectivity index (χ0v) is 22.5. The number of nitrogens with one attached hydrogen (secondary N) is 2. The number of benzene rings is 2. The van der Waals surface area contributed by atoms with E-state index in [0.717, 1.165) is 28.8 Å². The minimum atomic E-state index is -3.63. The van der Waals surface area contributed by atoms with Gasteiger partial charge in [-0.25, -0.2) is 18.1 Å². The molecular weight excluding hydrogens is 524 g/mol. The Morgan fingerprint density at radius 1 is 1.08 bits per heavy atom. The summed E-state index contributed by atoms with van der Waals surface area (Å²) in [4.78, 5) is 32.0. The van der Waals surface area contributed by atoms with Crippen molar-refractivity contribution in [3.63, 3.8) is 0 Å². The zero-order chi connectivity index (χ0) is 26.7. The molecule has 2 amide bonds. The van der Waals surface area contributed by atoms with Crippen molar-refractivity contribution in [3.8, 4) is 0 Å². The number of thiazole rings is 1. The Morgan fingerprint density at radius 3 is 2.55 bits per heavy atom. The van der Waals surface area contributed by atoms with Gasteiger partial charge < -0.3 is 14.6 Å². The molecule has 0 unspecified atom stereocenters. The molecule has 3 heterocycles. The molecule has 0 atom stereocenters. The number of aryl methyl sites for hydroxylation is 1. The quantitative estimate of drug-likeness (QED) is 0.320. The van der Waals surface area contributed by atoms with Gasteiger partial charge in [-0.15, -0.1) is 11.3 Å². The van der Waals surface area contributed by atoms with E-state index < -0.39 is 10.0 Å². The number of likely N-dealkylation sites (tertiary alicyclic amines) is 1. The number of fused-ring (bicyclic) bond motifs is 1. The van der Waals surface area contributed by atoms with E-state index in [1.807, 2.05) is 31.2 Å². The number of furan rings is 1. The van der Waals surface area contributed by atoms with Crippen molar-refractivity contribution >= 4 is 44.1 Å². The van der Waals surface area contributed by atoms with Crippen LogP contribution in [0.2, 0.25) is 0 Å². The fourth-order valence-corrected chi connectivity index (χ4v) is 6.41. The third-order valence-corrected chi connectivity index (χ3v) is 9.04. The van der Waals surface area contributed by atoms with Crippen LogP contribution in [0.15, 0.2) is 69.3 Å². The van der Waals surface area contributed by atoms with Crippen molar-refractivity contribution in [3.05, 3.63) is 82.0 Å². The minimum Gasteiger partial charge on any atom is -0.451 e. The van der Waals surface area contributed by atoms with E-state index in [9.17, 15) is 18.0 Å². The number of amides is 2. The molecule has 2 aromatic carbocycles. The lowest BCUT2D eigenvalue weighted by atomic mass is 9.97. The maximum absolute atomic E-state index is 12.9. The van der Waals surface area contributed by atoms with E-state index in [0.29, 0.717) is 30.1 Å². The van der Waals surface area contributed by atoms with Crippen LogP contribution in [0, 0.1) is 6.92 Å². The predicted molar refractivity (Wildman–Crippen MR) is 145 cm³/mol. The number of hydrogen-bond donors (Lipinski definition) is 2. The van der Waals surface area contributed by atoms with Crippen LogP contribution < -0.4 is 10.0 Å². The SMILES string of the molecule is Cc1ccc(S(=O)(=O)NCCNC(=O)c2csc(C3CCN(C(=O)c4cc5ccccc5o4)CC3)n2)cc1. The number of aromatic nitrogens is 1. The maximum Gasteiger partial charge on any atom is 0.289 e. The number of para-hydroxylation sites is 1. The Labute approximate surface area is 224 Å². The predicted octanol–water partition coefficient (Wildman–Crippen LogP) is 3.93. The lowest BCUT2D eigenvalue weighted by molar-refractivity contribution is 0.0683. The van der Waals surface area contributed by atoms with Gasteiger partial charge in [-0.1, -0.05) is 35.9 Å². The molecule has 1 aliphatic heterocycles. The number of rotatable bonds is 8. The van der Waals surface area contributed by atoms with Gasteiger partial charge in [0.05, 0.1) is 9.90 Å². The van der Waals surface area contributed by atoms with Gasteiger partial charge in [0.2, 0.25) is 10.0 Å². The molecule has 38 heavy (non-hydrogen) atoms. The normalized spacial score (nSPS) is 14.6. The number of carbonyl (C=O) groups excluding carboxylic acids is 2. The van der Waals surface area contributed by atoms with Gasteiger partial charge in [0.25, 0.3) is 11.8 Å². The summed E-state index contributed by atoms with van der Waals surface area (Å²) in [6.45, 7) is 3.26. The summed E-state index contributed by atoms with van der Waals surface area (Å²) in [6.07, 6.45) is 1.50. The Balaban J connectivity index is 1.09. The summed E-state index contributed by atoms with van der Waals surface area (Å²) in [5.74, 6) is 0.0537. The molecule has 0 saturated carbocycles. The first-order valence-electron chi connectivity index (χ1n) is 12.4. The third kappa shape index (κ3) is 5.79. The van der Waals surface area contributed by atoms with Crippen molar-refractivity contribution in [2.45, 2.75) is 30.6 Å². The molecule has 5 rings (SSSR count). The first kappa shape index (κ1) is 26.1.